The topological polar surface area (TPSA) is 51.5 Å². The molecule has 0 aliphatic rings. The predicted molar refractivity (Wildman–Crippen MR) is 74.7 cm³/mol. The highest BCUT2D eigenvalue weighted by Crippen LogP contribution is 2.39. The van der Waals surface area contributed by atoms with Crippen LogP contribution in [0.5, 0.6) is 5.75 Å². The molecule has 1 aromatic heterocycles. The van der Waals surface area contributed by atoms with E-state index in [-0.39, 0.29) is 6.42 Å². The van der Waals surface area contributed by atoms with E-state index in [0.29, 0.717) is 0 Å². The molecule has 2 aromatic rings. The maximum atomic E-state index is 11.0. The van der Waals surface area contributed by atoms with Crippen molar-refractivity contribution in [2.75, 3.05) is 7.11 Å². The number of ether oxygens (including phenoxy) is 1. The van der Waals surface area contributed by atoms with Crippen LogP contribution in [-0.4, -0.2) is 22.8 Å². The Morgan fingerprint density at radius 1 is 1.37 bits per heavy atom. The molecule has 102 valence electrons. The minimum atomic E-state index is -0.805. The number of carboxylic acids is 1. The molecule has 0 amide bonds. The molecule has 2 rings (SSSR count). The molecule has 0 saturated carbocycles. The van der Waals surface area contributed by atoms with Gasteiger partial charge in [0.1, 0.15) is 5.75 Å². The first-order valence-electron chi connectivity index (χ1n) is 6.21. The van der Waals surface area contributed by atoms with Crippen molar-refractivity contribution >= 4 is 16.9 Å². The zero-order valence-electron chi connectivity index (χ0n) is 11.7. The van der Waals surface area contributed by atoms with E-state index in [1.165, 1.54) is 0 Å². The summed E-state index contributed by atoms with van der Waals surface area (Å²) in [7, 11) is 3.60. The van der Waals surface area contributed by atoms with Crippen molar-refractivity contribution < 1.29 is 14.6 Å². The molecule has 0 atom stereocenters. The number of aryl methyl sites for hydroxylation is 1. The number of carboxylic acid groups (broad SMARTS) is 1. The fourth-order valence-electron chi connectivity index (χ4n) is 2.55. The predicted octanol–water partition coefficient (Wildman–Crippen LogP) is 2.94. The standard InChI is InChI=1S/C15H19NO3/c1-15(2,9-13(17)18)11-5-6-12-10(14(11)19-4)7-8-16(12)3/h5-8H,9H2,1-4H3,(H,17,18). The molecule has 0 bridgehead atoms. The highest BCUT2D eigenvalue weighted by Gasteiger charge is 2.28. The van der Waals surface area contributed by atoms with Gasteiger partial charge in [-0.05, 0) is 12.1 Å². The minimum absolute atomic E-state index is 0.0711. The van der Waals surface area contributed by atoms with Crippen LogP contribution in [0.3, 0.4) is 0 Å². The van der Waals surface area contributed by atoms with Gasteiger partial charge in [0.2, 0.25) is 0 Å². The van der Waals surface area contributed by atoms with Gasteiger partial charge >= 0.3 is 5.97 Å². The van der Waals surface area contributed by atoms with Crippen LogP contribution in [0.25, 0.3) is 10.9 Å². The Balaban J connectivity index is 2.63. The Morgan fingerprint density at radius 3 is 2.63 bits per heavy atom. The lowest BCUT2D eigenvalue weighted by atomic mass is 9.80. The second kappa shape index (κ2) is 4.61. The van der Waals surface area contributed by atoms with Gasteiger partial charge in [0, 0.05) is 29.6 Å². The summed E-state index contributed by atoms with van der Waals surface area (Å²) >= 11 is 0. The lowest BCUT2D eigenvalue weighted by molar-refractivity contribution is -0.138. The molecule has 0 saturated heterocycles. The molecule has 4 heteroatoms. The van der Waals surface area contributed by atoms with Gasteiger partial charge in [-0.1, -0.05) is 19.9 Å². The molecule has 1 heterocycles. The Hall–Kier alpha value is -1.97. The average molecular weight is 261 g/mol. The monoisotopic (exact) mass is 261 g/mol. The Morgan fingerprint density at radius 2 is 2.05 bits per heavy atom. The van der Waals surface area contributed by atoms with E-state index in [4.69, 9.17) is 9.84 Å². The number of nitrogens with zero attached hydrogens (tertiary/aromatic N) is 1. The molecule has 0 spiro atoms. The van der Waals surface area contributed by atoms with Gasteiger partial charge in [-0.15, -0.1) is 0 Å². The van der Waals surface area contributed by atoms with Crippen LogP contribution in [0.15, 0.2) is 24.4 Å². The second-order valence-electron chi connectivity index (χ2n) is 5.46. The Kier molecular flexibility index (Phi) is 3.27. The van der Waals surface area contributed by atoms with E-state index in [2.05, 4.69) is 0 Å². The lowest BCUT2D eigenvalue weighted by Crippen LogP contribution is -2.22. The van der Waals surface area contributed by atoms with Crippen molar-refractivity contribution in [1.29, 1.82) is 0 Å². The van der Waals surface area contributed by atoms with Crippen LogP contribution < -0.4 is 4.74 Å². The number of aromatic nitrogens is 1. The largest absolute Gasteiger partial charge is 0.496 e. The Labute approximate surface area is 112 Å². The van der Waals surface area contributed by atoms with Gasteiger partial charge in [-0.2, -0.15) is 0 Å². The van der Waals surface area contributed by atoms with Crippen molar-refractivity contribution in [3.05, 3.63) is 30.0 Å². The lowest BCUT2D eigenvalue weighted by Gasteiger charge is -2.25. The third-order valence-corrected chi connectivity index (χ3v) is 3.54. The van der Waals surface area contributed by atoms with Gasteiger partial charge < -0.3 is 14.4 Å². The van der Waals surface area contributed by atoms with E-state index in [9.17, 15) is 4.79 Å². The number of rotatable bonds is 4. The summed E-state index contributed by atoms with van der Waals surface area (Å²) in [4.78, 5) is 11.0. The SMILES string of the molecule is COc1c(C(C)(C)CC(=O)O)ccc2c1ccn2C. The number of carbonyl (C=O) groups is 1. The number of fused-ring (bicyclic) bond motifs is 1. The summed E-state index contributed by atoms with van der Waals surface area (Å²) < 4.78 is 7.55. The number of hydrogen-bond acceptors (Lipinski definition) is 2. The molecular formula is C15H19NO3. The van der Waals surface area contributed by atoms with Gasteiger partial charge in [0.05, 0.1) is 19.0 Å². The zero-order chi connectivity index (χ0) is 14.2. The van der Waals surface area contributed by atoms with Crippen LogP contribution in [0.2, 0.25) is 0 Å². The third kappa shape index (κ3) is 2.30. The van der Waals surface area contributed by atoms with E-state index in [1.807, 2.05) is 49.9 Å². The number of methoxy groups -OCH3 is 1. The van der Waals surface area contributed by atoms with E-state index < -0.39 is 11.4 Å². The highest BCUT2D eigenvalue weighted by molar-refractivity contribution is 5.88. The molecular weight excluding hydrogens is 242 g/mol. The van der Waals surface area contributed by atoms with Crippen LogP contribution in [0, 0.1) is 0 Å². The number of aliphatic carboxylic acids is 1. The van der Waals surface area contributed by atoms with Crippen LogP contribution in [0.1, 0.15) is 25.8 Å². The summed E-state index contributed by atoms with van der Waals surface area (Å²) in [6.07, 6.45) is 2.04. The van der Waals surface area contributed by atoms with Crippen LogP contribution in [0.4, 0.5) is 0 Å². The fraction of sp³-hybridized carbons (Fsp3) is 0.400. The van der Waals surface area contributed by atoms with Crippen LogP contribution >= 0.6 is 0 Å². The third-order valence-electron chi connectivity index (χ3n) is 3.54. The number of benzene rings is 1. The summed E-state index contributed by atoms with van der Waals surface area (Å²) in [5, 5.41) is 10.1. The van der Waals surface area contributed by atoms with Crippen molar-refractivity contribution in [1.82, 2.24) is 4.57 Å². The van der Waals surface area contributed by atoms with Gasteiger partial charge in [-0.25, -0.2) is 0 Å². The van der Waals surface area contributed by atoms with Gasteiger partial charge in [0.15, 0.2) is 0 Å². The van der Waals surface area contributed by atoms with E-state index in [0.717, 1.165) is 22.2 Å². The second-order valence-corrected chi connectivity index (χ2v) is 5.46. The molecule has 0 aliphatic carbocycles. The molecule has 0 aliphatic heterocycles. The summed E-state index contributed by atoms with van der Waals surface area (Å²) in [6, 6.07) is 5.97. The van der Waals surface area contributed by atoms with Crippen molar-refractivity contribution in [2.24, 2.45) is 7.05 Å². The zero-order valence-corrected chi connectivity index (χ0v) is 11.7. The smallest absolute Gasteiger partial charge is 0.304 e. The van der Waals surface area contributed by atoms with Crippen molar-refractivity contribution in [3.8, 4) is 5.75 Å². The number of hydrogen-bond donors (Lipinski definition) is 1. The minimum Gasteiger partial charge on any atom is -0.496 e. The van der Waals surface area contributed by atoms with Gasteiger partial charge in [-0.3, -0.25) is 4.79 Å². The highest BCUT2D eigenvalue weighted by atomic mass is 16.5. The van der Waals surface area contributed by atoms with Crippen molar-refractivity contribution in [2.45, 2.75) is 25.7 Å². The van der Waals surface area contributed by atoms with Gasteiger partial charge in [0.25, 0.3) is 0 Å². The normalized spacial score (nSPS) is 11.8. The van der Waals surface area contributed by atoms with E-state index >= 15 is 0 Å². The first-order valence-corrected chi connectivity index (χ1v) is 6.21. The summed E-state index contributed by atoms with van der Waals surface area (Å²) in [5.41, 5.74) is 1.53. The first-order chi connectivity index (χ1) is 8.86. The maximum absolute atomic E-state index is 11.0. The molecule has 1 aromatic carbocycles. The molecule has 4 nitrogen and oxygen atoms in total. The molecule has 19 heavy (non-hydrogen) atoms. The Bertz CT molecular complexity index is 626. The first kappa shape index (κ1) is 13.5. The maximum Gasteiger partial charge on any atom is 0.304 e. The molecule has 0 fully saturated rings. The van der Waals surface area contributed by atoms with Crippen LogP contribution in [-0.2, 0) is 17.3 Å². The fourth-order valence-corrected chi connectivity index (χ4v) is 2.55. The summed E-state index contributed by atoms with van der Waals surface area (Å²) in [5.74, 6) is -0.0374. The molecule has 0 unspecified atom stereocenters. The quantitative estimate of drug-likeness (QED) is 0.920. The molecule has 0 radical (unpaired) electrons. The summed E-state index contributed by atoms with van der Waals surface area (Å²) in [6.45, 7) is 3.85. The van der Waals surface area contributed by atoms with E-state index in [1.54, 1.807) is 7.11 Å². The van der Waals surface area contributed by atoms with Crippen molar-refractivity contribution in [3.63, 3.8) is 0 Å². The molecule has 1 N–H and O–H groups in total. The average Bonchev–Trinajstić information content (AvgIpc) is 2.68.